The molecule has 0 spiro atoms. The molecule has 0 amide bonds. The lowest BCUT2D eigenvalue weighted by molar-refractivity contribution is 0.196. The summed E-state index contributed by atoms with van der Waals surface area (Å²) in [5.74, 6) is -0.505. The number of hydrogen-bond donors (Lipinski definition) is 2. The van der Waals surface area contributed by atoms with E-state index in [0.29, 0.717) is 16.4 Å². The van der Waals surface area contributed by atoms with Gasteiger partial charge in [0.1, 0.15) is 10.4 Å². The van der Waals surface area contributed by atoms with Gasteiger partial charge < -0.3 is 10.7 Å². The summed E-state index contributed by atoms with van der Waals surface area (Å²) in [5.41, 5.74) is 0.0605. The zero-order valence-corrected chi connectivity index (χ0v) is 10.1. The number of pyridine rings is 1. The van der Waals surface area contributed by atoms with Gasteiger partial charge in [-0.2, -0.15) is 0 Å². The Balaban J connectivity index is 2.67. The van der Waals surface area contributed by atoms with Crippen LogP contribution in [0.5, 0.6) is 0 Å². The highest BCUT2D eigenvalue weighted by atomic mass is 79.9. The quantitative estimate of drug-likeness (QED) is 0.649. The third-order valence-electron chi connectivity index (χ3n) is 1.86. The fourth-order valence-corrected chi connectivity index (χ4v) is 1.39. The molecule has 0 aliphatic carbocycles. The van der Waals surface area contributed by atoms with E-state index in [4.69, 9.17) is 5.41 Å². The average molecular weight is 308 g/mol. The molecule has 1 aromatic heterocycles. The van der Waals surface area contributed by atoms with Crippen LogP contribution in [0.15, 0.2) is 28.6 Å². The Bertz CT molecular complexity index is 435. The number of nitrogens with one attached hydrogen (secondary N) is 2. The van der Waals surface area contributed by atoms with Crippen molar-refractivity contribution in [2.75, 3.05) is 0 Å². The van der Waals surface area contributed by atoms with Crippen molar-refractivity contribution in [3.63, 3.8) is 0 Å². The molecule has 0 aliphatic rings. The number of nitrogens with zero attached hydrogens (tertiary/aromatic N) is 1. The van der Waals surface area contributed by atoms with Gasteiger partial charge in [0, 0.05) is 24.5 Å². The Hall–Kier alpha value is -1.37. The SMILES string of the molecule is N=C/C(=C\NCc1cc(F)cnc1Br)C(F)F. The highest BCUT2D eigenvalue weighted by molar-refractivity contribution is 9.10. The molecule has 0 fully saturated rings. The van der Waals surface area contributed by atoms with Crippen LogP contribution in [0.25, 0.3) is 0 Å². The van der Waals surface area contributed by atoms with Gasteiger partial charge in [0.15, 0.2) is 0 Å². The van der Waals surface area contributed by atoms with Crippen molar-refractivity contribution in [1.29, 1.82) is 5.41 Å². The third kappa shape index (κ3) is 4.18. The van der Waals surface area contributed by atoms with Gasteiger partial charge in [-0.1, -0.05) is 0 Å². The number of halogens is 4. The summed E-state index contributed by atoms with van der Waals surface area (Å²) in [4.78, 5) is 3.72. The van der Waals surface area contributed by atoms with Crippen LogP contribution in [-0.2, 0) is 6.54 Å². The number of alkyl halides is 2. The molecule has 7 heteroatoms. The summed E-state index contributed by atoms with van der Waals surface area (Å²) in [6.07, 6.45) is -0.0778. The minimum Gasteiger partial charge on any atom is -0.386 e. The number of aromatic nitrogens is 1. The molecule has 92 valence electrons. The molecule has 17 heavy (non-hydrogen) atoms. The summed E-state index contributed by atoms with van der Waals surface area (Å²) in [5, 5.41) is 9.33. The maximum Gasteiger partial charge on any atom is 0.266 e. The van der Waals surface area contributed by atoms with Crippen molar-refractivity contribution < 1.29 is 13.2 Å². The maximum atomic E-state index is 12.8. The molecule has 2 N–H and O–H groups in total. The first kappa shape index (κ1) is 13.7. The number of hydrogen-bond acceptors (Lipinski definition) is 3. The second kappa shape index (κ2) is 6.39. The normalized spacial score (nSPS) is 11.7. The van der Waals surface area contributed by atoms with Gasteiger partial charge in [-0.15, -0.1) is 0 Å². The lowest BCUT2D eigenvalue weighted by Crippen LogP contribution is -2.10. The topological polar surface area (TPSA) is 48.8 Å². The first-order valence-electron chi connectivity index (χ1n) is 4.56. The second-order valence-corrected chi connectivity index (χ2v) is 3.82. The zero-order valence-electron chi connectivity index (χ0n) is 8.55. The van der Waals surface area contributed by atoms with Crippen LogP contribution in [0.4, 0.5) is 13.2 Å². The van der Waals surface area contributed by atoms with E-state index in [2.05, 4.69) is 26.2 Å². The molecule has 3 nitrogen and oxygen atoms in total. The fourth-order valence-electron chi connectivity index (χ4n) is 1.03. The Morgan fingerprint density at radius 2 is 2.29 bits per heavy atom. The van der Waals surface area contributed by atoms with Crippen LogP contribution in [0.2, 0.25) is 0 Å². The third-order valence-corrected chi connectivity index (χ3v) is 2.57. The second-order valence-electron chi connectivity index (χ2n) is 3.07. The Morgan fingerprint density at radius 3 is 2.88 bits per heavy atom. The predicted octanol–water partition coefficient (Wildman–Crippen LogP) is 2.87. The molecule has 1 rings (SSSR count). The van der Waals surface area contributed by atoms with Crippen LogP contribution in [0.1, 0.15) is 5.56 Å². The van der Waals surface area contributed by atoms with E-state index in [-0.39, 0.29) is 6.54 Å². The Kier molecular flexibility index (Phi) is 5.14. The van der Waals surface area contributed by atoms with Gasteiger partial charge in [-0.05, 0) is 22.0 Å². The van der Waals surface area contributed by atoms with Crippen molar-refractivity contribution in [3.8, 4) is 0 Å². The average Bonchev–Trinajstić information content (AvgIpc) is 2.28. The molecule has 1 heterocycles. The summed E-state index contributed by atoms with van der Waals surface area (Å²) < 4.78 is 37.7. The van der Waals surface area contributed by atoms with Crippen LogP contribution in [0, 0.1) is 11.2 Å². The standard InChI is InChI=1S/C10H9BrF3N3/c11-9-6(1-8(12)5-17-9)3-16-4-7(2-15)10(13)14/h1-2,4-5,10,15-16H,3H2/b7-4+,15-2?. The van der Waals surface area contributed by atoms with Gasteiger partial charge in [0.05, 0.1) is 11.8 Å². The molecule has 0 saturated heterocycles. The first-order valence-corrected chi connectivity index (χ1v) is 5.36. The Morgan fingerprint density at radius 1 is 1.59 bits per heavy atom. The summed E-state index contributed by atoms with van der Waals surface area (Å²) in [7, 11) is 0. The first-order chi connectivity index (χ1) is 8.04. The van der Waals surface area contributed by atoms with Gasteiger partial charge in [-0.3, -0.25) is 0 Å². The van der Waals surface area contributed by atoms with Crippen molar-refractivity contribution >= 4 is 22.1 Å². The molecule has 0 atom stereocenters. The van der Waals surface area contributed by atoms with Gasteiger partial charge in [0.2, 0.25) is 0 Å². The van der Waals surface area contributed by atoms with Gasteiger partial charge >= 0.3 is 0 Å². The predicted molar refractivity (Wildman–Crippen MR) is 61.6 cm³/mol. The lowest BCUT2D eigenvalue weighted by atomic mass is 10.2. The van der Waals surface area contributed by atoms with E-state index in [1.54, 1.807) is 0 Å². The lowest BCUT2D eigenvalue weighted by Gasteiger charge is -2.05. The molecule has 0 bridgehead atoms. The summed E-state index contributed by atoms with van der Waals surface area (Å²) >= 11 is 3.11. The van der Waals surface area contributed by atoms with Crippen molar-refractivity contribution in [1.82, 2.24) is 10.3 Å². The molecular formula is C10H9BrF3N3. The van der Waals surface area contributed by atoms with E-state index < -0.39 is 17.8 Å². The fraction of sp³-hybridized carbons (Fsp3) is 0.200. The highest BCUT2D eigenvalue weighted by Gasteiger charge is 2.07. The smallest absolute Gasteiger partial charge is 0.266 e. The van der Waals surface area contributed by atoms with Crippen LogP contribution >= 0.6 is 15.9 Å². The van der Waals surface area contributed by atoms with E-state index in [1.165, 1.54) is 6.07 Å². The van der Waals surface area contributed by atoms with Crippen LogP contribution in [-0.4, -0.2) is 17.6 Å². The van der Waals surface area contributed by atoms with Crippen LogP contribution in [0.3, 0.4) is 0 Å². The van der Waals surface area contributed by atoms with Crippen molar-refractivity contribution in [2.24, 2.45) is 0 Å². The summed E-state index contributed by atoms with van der Waals surface area (Å²) in [6.45, 7) is 0.134. The minimum absolute atomic E-state index is 0.134. The molecule has 0 aromatic carbocycles. The molecule has 0 aliphatic heterocycles. The molecule has 1 aromatic rings. The zero-order chi connectivity index (χ0) is 12.8. The molecule has 0 saturated carbocycles. The monoisotopic (exact) mass is 307 g/mol. The van der Waals surface area contributed by atoms with Gasteiger partial charge in [-0.25, -0.2) is 18.2 Å². The molecule has 0 radical (unpaired) electrons. The van der Waals surface area contributed by atoms with E-state index in [1.807, 2.05) is 0 Å². The highest BCUT2D eigenvalue weighted by Crippen LogP contribution is 2.14. The van der Waals surface area contributed by atoms with Crippen molar-refractivity contribution in [3.05, 3.63) is 40.0 Å². The van der Waals surface area contributed by atoms with Crippen molar-refractivity contribution in [2.45, 2.75) is 13.0 Å². The van der Waals surface area contributed by atoms with E-state index >= 15 is 0 Å². The number of allylic oxidation sites excluding steroid dienone is 1. The van der Waals surface area contributed by atoms with E-state index in [9.17, 15) is 13.2 Å². The van der Waals surface area contributed by atoms with Crippen LogP contribution < -0.4 is 5.32 Å². The van der Waals surface area contributed by atoms with E-state index in [0.717, 1.165) is 12.4 Å². The molecule has 0 unspecified atom stereocenters. The largest absolute Gasteiger partial charge is 0.386 e. The molecular weight excluding hydrogens is 299 g/mol. The maximum absolute atomic E-state index is 12.8. The van der Waals surface area contributed by atoms with Gasteiger partial charge in [0.25, 0.3) is 6.43 Å². The number of rotatable bonds is 5. The minimum atomic E-state index is -2.71. The summed E-state index contributed by atoms with van der Waals surface area (Å²) in [6, 6.07) is 1.24. The Labute approximate surface area is 104 Å².